The van der Waals surface area contributed by atoms with Crippen molar-refractivity contribution in [2.45, 2.75) is 45.1 Å². The minimum Gasteiger partial charge on any atom is -0.326 e. The van der Waals surface area contributed by atoms with Crippen molar-refractivity contribution in [3.63, 3.8) is 0 Å². The first-order valence-corrected chi connectivity index (χ1v) is 8.55. The van der Waals surface area contributed by atoms with Crippen LogP contribution in [0.3, 0.4) is 0 Å². The lowest BCUT2D eigenvalue weighted by molar-refractivity contribution is 0.427. The molecule has 4 nitrogen and oxygen atoms in total. The summed E-state index contributed by atoms with van der Waals surface area (Å²) in [7, 11) is -1.79. The van der Waals surface area contributed by atoms with Gasteiger partial charge in [-0.2, -0.15) is 0 Å². The van der Waals surface area contributed by atoms with Crippen LogP contribution in [0.15, 0.2) is 23.1 Å². The maximum atomic E-state index is 12.7. The summed E-state index contributed by atoms with van der Waals surface area (Å²) in [6.07, 6.45) is 1.55. The standard InChI is InChI=1S/C15H26N2O2S/c1-5-14-7-6-13(11-16)10-15(14)20(18,19)17(4)9-8-12(2)3/h6-7,10,12H,5,8-9,11,16H2,1-4H3. The zero-order valence-electron chi connectivity index (χ0n) is 12.9. The van der Waals surface area contributed by atoms with Gasteiger partial charge in [0.05, 0.1) is 4.90 Å². The molecule has 0 saturated carbocycles. The van der Waals surface area contributed by atoms with Gasteiger partial charge in [0.15, 0.2) is 0 Å². The SMILES string of the molecule is CCc1ccc(CN)cc1S(=O)(=O)N(C)CCC(C)C. The molecule has 114 valence electrons. The summed E-state index contributed by atoms with van der Waals surface area (Å²) >= 11 is 0. The van der Waals surface area contributed by atoms with Crippen molar-refractivity contribution < 1.29 is 8.42 Å². The fraction of sp³-hybridized carbons (Fsp3) is 0.600. The average molecular weight is 298 g/mol. The van der Waals surface area contributed by atoms with E-state index >= 15 is 0 Å². The van der Waals surface area contributed by atoms with Crippen LogP contribution in [0.1, 0.15) is 38.3 Å². The van der Waals surface area contributed by atoms with Crippen molar-refractivity contribution in [2.24, 2.45) is 11.7 Å². The van der Waals surface area contributed by atoms with Crippen LogP contribution in [0.4, 0.5) is 0 Å². The Hall–Kier alpha value is -0.910. The predicted octanol–water partition coefficient (Wildman–Crippen LogP) is 2.37. The van der Waals surface area contributed by atoms with Gasteiger partial charge in [-0.05, 0) is 36.0 Å². The molecule has 5 heteroatoms. The average Bonchev–Trinajstić information content (AvgIpc) is 2.43. The third-order valence-electron chi connectivity index (χ3n) is 3.46. The summed E-state index contributed by atoms with van der Waals surface area (Å²) in [4.78, 5) is 0.397. The van der Waals surface area contributed by atoms with Crippen molar-refractivity contribution in [1.29, 1.82) is 0 Å². The first-order valence-electron chi connectivity index (χ1n) is 7.11. The Balaban J connectivity index is 3.13. The molecule has 0 aromatic heterocycles. The molecule has 0 bridgehead atoms. The predicted molar refractivity (Wildman–Crippen MR) is 83.0 cm³/mol. The van der Waals surface area contributed by atoms with Crippen LogP contribution in [0.5, 0.6) is 0 Å². The number of hydrogen-bond acceptors (Lipinski definition) is 3. The van der Waals surface area contributed by atoms with Gasteiger partial charge in [-0.1, -0.05) is 32.9 Å². The lowest BCUT2D eigenvalue weighted by Gasteiger charge is -2.20. The molecule has 0 fully saturated rings. The Kier molecular flexibility index (Phi) is 6.17. The Morgan fingerprint density at radius 1 is 1.30 bits per heavy atom. The molecule has 0 spiro atoms. The quantitative estimate of drug-likeness (QED) is 0.840. The van der Waals surface area contributed by atoms with Crippen LogP contribution >= 0.6 is 0 Å². The topological polar surface area (TPSA) is 63.4 Å². The van der Waals surface area contributed by atoms with Crippen LogP contribution in [-0.2, 0) is 23.0 Å². The maximum Gasteiger partial charge on any atom is 0.243 e. The first-order chi connectivity index (χ1) is 9.32. The van der Waals surface area contributed by atoms with Crippen molar-refractivity contribution in [1.82, 2.24) is 4.31 Å². The molecule has 0 unspecified atom stereocenters. The van der Waals surface area contributed by atoms with Gasteiger partial charge in [0.2, 0.25) is 10.0 Å². The second kappa shape index (κ2) is 7.20. The second-order valence-corrected chi connectivity index (χ2v) is 7.52. The van der Waals surface area contributed by atoms with Gasteiger partial charge in [0.25, 0.3) is 0 Å². The van der Waals surface area contributed by atoms with E-state index in [1.54, 1.807) is 13.1 Å². The van der Waals surface area contributed by atoms with E-state index in [9.17, 15) is 8.42 Å². The van der Waals surface area contributed by atoms with E-state index in [4.69, 9.17) is 5.73 Å². The molecule has 0 atom stereocenters. The summed E-state index contributed by atoms with van der Waals surface area (Å²) in [6.45, 7) is 7.03. The number of rotatable bonds is 7. The summed E-state index contributed by atoms with van der Waals surface area (Å²) < 4.78 is 26.8. The van der Waals surface area contributed by atoms with E-state index in [0.717, 1.165) is 17.5 Å². The molecule has 0 aliphatic rings. The minimum absolute atomic E-state index is 0.349. The molecular weight excluding hydrogens is 272 g/mol. The second-order valence-electron chi connectivity index (χ2n) is 5.51. The number of nitrogens with two attached hydrogens (primary N) is 1. The monoisotopic (exact) mass is 298 g/mol. The highest BCUT2D eigenvalue weighted by molar-refractivity contribution is 7.89. The number of hydrogen-bond donors (Lipinski definition) is 1. The van der Waals surface area contributed by atoms with Gasteiger partial charge >= 0.3 is 0 Å². The first kappa shape index (κ1) is 17.1. The van der Waals surface area contributed by atoms with Crippen molar-refractivity contribution in [2.75, 3.05) is 13.6 Å². The van der Waals surface area contributed by atoms with Gasteiger partial charge in [-0.25, -0.2) is 12.7 Å². The molecule has 1 aromatic rings. The minimum atomic E-state index is -3.43. The zero-order chi connectivity index (χ0) is 15.3. The van der Waals surface area contributed by atoms with E-state index in [1.807, 2.05) is 19.1 Å². The van der Waals surface area contributed by atoms with Crippen LogP contribution < -0.4 is 5.73 Å². The lowest BCUT2D eigenvalue weighted by atomic mass is 10.1. The number of aryl methyl sites for hydroxylation is 1. The Morgan fingerprint density at radius 2 is 1.95 bits per heavy atom. The molecule has 20 heavy (non-hydrogen) atoms. The van der Waals surface area contributed by atoms with Crippen molar-refractivity contribution in [3.05, 3.63) is 29.3 Å². The highest BCUT2D eigenvalue weighted by Crippen LogP contribution is 2.22. The summed E-state index contributed by atoms with van der Waals surface area (Å²) in [5.74, 6) is 0.480. The zero-order valence-corrected chi connectivity index (χ0v) is 13.7. The fourth-order valence-corrected chi connectivity index (χ4v) is 3.51. The summed E-state index contributed by atoms with van der Waals surface area (Å²) in [5, 5.41) is 0. The van der Waals surface area contributed by atoms with E-state index in [2.05, 4.69) is 13.8 Å². The van der Waals surface area contributed by atoms with Gasteiger partial charge in [0, 0.05) is 20.1 Å². The molecule has 0 heterocycles. The van der Waals surface area contributed by atoms with Crippen molar-refractivity contribution in [3.8, 4) is 0 Å². The van der Waals surface area contributed by atoms with Crippen LogP contribution in [0, 0.1) is 5.92 Å². The van der Waals surface area contributed by atoms with Crippen LogP contribution in [-0.4, -0.2) is 26.3 Å². The Bertz CT molecular complexity index is 539. The molecule has 2 N–H and O–H groups in total. The largest absolute Gasteiger partial charge is 0.326 e. The maximum absolute atomic E-state index is 12.7. The van der Waals surface area contributed by atoms with Crippen LogP contribution in [0.25, 0.3) is 0 Å². The smallest absolute Gasteiger partial charge is 0.243 e. The van der Waals surface area contributed by atoms with E-state index in [1.165, 1.54) is 4.31 Å². The Labute approximate surface area is 123 Å². The molecule has 0 aliphatic carbocycles. The molecule has 0 radical (unpaired) electrons. The van der Waals surface area contributed by atoms with Gasteiger partial charge in [-0.3, -0.25) is 0 Å². The highest BCUT2D eigenvalue weighted by Gasteiger charge is 2.23. The molecule has 0 saturated heterocycles. The number of nitrogens with zero attached hydrogens (tertiary/aromatic N) is 1. The molecule has 0 amide bonds. The molecule has 1 rings (SSSR count). The summed E-state index contributed by atoms with van der Waals surface area (Å²) in [5.41, 5.74) is 7.31. The van der Waals surface area contributed by atoms with E-state index < -0.39 is 10.0 Å². The van der Waals surface area contributed by atoms with Gasteiger partial charge < -0.3 is 5.73 Å². The summed E-state index contributed by atoms with van der Waals surface area (Å²) in [6, 6.07) is 5.47. The number of sulfonamides is 1. The van der Waals surface area contributed by atoms with Crippen molar-refractivity contribution >= 4 is 10.0 Å². The lowest BCUT2D eigenvalue weighted by Crippen LogP contribution is -2.29. The molecule has 1 aromatic carbocycles. The third-order valence-corrected chi connectivity index (χ3v) is 5.40. The van der Waals surface area contributed by atoms with Crippen LogP contribution in [0.2, 0.25) is 0 Å². The Morgan fingerprint density at radius 3 is 2.45 bits per heavy atom. The molecule has 0 aliphatic heterocycles. The molecular formula is C15H26N2O2S. The van der Waals surface area contributed by atoms with E-state index in [0.29, 0.717) is 30.3 Å². The third kappa shape index (κ3) is 4.04. The van der Waals surface area contributed by atoms with E-state index in [-0.39, 0.29) is 0 Å². The van der Waals surface area contributed by atoms with Gasteiger partial charge in [-0.15, -0.1) is 0 Å². The normalized spacial score (nSPS) is 12.3. The van der Waals surface area contributed by atoms with Gasteiger partial charge in [0.1, 0.15) is 0 Å². The highest BCUT2D eigenvalue weighted by atomic mass is 32.2. The fourth-order valence-electron chi connectivity index (χ4n) is 1.99. The number of benzene rings is 1.